The Balaban J connectivity index is 2.20. The molecule has 0 fully saturated rings. The number of benzene rings is 2. The molecule has 0 bridgehead atoms. The molecule has 3 heteroatoms. The molecular formula is C16H13FN2. The summed E-state index contributed by atoms with van der Waals surface area (Å²) in [6, 6.07) is 14.2. The summed E-state index contributed by atoms with van der Waals surface area (Å²) < 4.78 is 13.8. The van der Waals surface area contributed by atoms with Gasteiger partial charge in [0.15, 0.2) is 0 Å². The van der Waals surface area contributed by atoms with Crippen LogP contribution in [0.5, 0.6) is 0 Å². The summed E-state index contributed by atoms with van der Waals surface area (Å²) >= 11 is 0. The molecule has 3 rings (SSSR count). The van der Waals surface area contributed by atoms with Gasteiger partial charge in [-0.25, -0.2) is 4.39 Å². The van der Waals surface area contributed by atoms with Crippen molar-refractivity contribution in [2.75, 3.05) is 5.73 Å². The van der Waals surface area contributed by atoms with Gasteiger partial charge >= 0.3 is 0 Å². The molecule has 19 heavy (non-hydrogen) atoms. The second-order valence-corrected chi connectivity index (χ2v) is 4.60. The van der Waals surface area contributed by atoms with Crippen LogP contribution in [-0.4, -0.2) is 4.98 Å². The van der Waals surface area contributed by atoms with Crippen LogP contribution in [0.15, 0.2) is 48.5 Å². The van der Waals surface area contributed by atoms with Crippen LogP contribution in [0.3, 0.4) is 0 Å². The molecule has 0 amide bonds. The van der Waals surface area contributed by atoms with E-state index < -0.39 is 0 Å². The minimum Gasteiger partial charge on any atom is -0.399 e. The van der Waals surface area contributed by atoms with Crippen molar-refractivity contribution in [1.82, 2.24) is 4.98 Å². The zero-order valence-electron chi connectivity index (χ0n) is 10.5. The molecule has 1 aromatic heterocycles. The zero-order chi connectivity index (χ0) is 13.4. The molecule has 2 nitrogen and oxygen atoms in total. The third-order valence-corrected chi connectivity index (χ3v) is 3.13. The summed E-state index contributed by atoms with van der Waals surface area (Å²) in [5.41, 5.74) is 9.48. The van der Waals surface area contributed by atoms with Crippen LogP contribution in [0.25, 0.3) is 22.0 Å². The number of nitrogens with two attached hydrogens (primary N) is 1. The summed E-state index contributed by atoms with van der Waals surface area (Å²) in [4.78, 5) is 4.43. The topological polar surface area (TPSA) is 38.9 Å². The molecule has 1 heterocycles. The first-order valence-electron chi connectivity index (χ1n) is 6.06. The van der Waals surface area contributed by atoms with Crippen molar-refractivity contribution in [3.8, 4) is 11.1 Å². The Bertz CT molecular complexity index is 766. The van der Waals surface area contributed by atoms with E-state index in [1.165, 1.54) is 6.07 Å². The summed E-state index contributed by atoms with van der Waals surface area (Å²) in [5.74, 6) is -0.270. The van der Waals surface area contributed by atoms with E-state index >= 15 is 0 Å². The van der Waals surface area contributed by atoms with Gasteiger partial charge in [-0.3, -0.25) is 4.98 Å². The van der Waals surface area contributed by atoms with Crippen molar-refractivity contribution >= 4 is 16.6 Å². The van der Waals surface area contributed by atoms with Crippen molar-refractivity contribution < 1.29 is 4.39 Å². The lowest BCUT2D eigenvalue weighted by atomic mass is 10.0. The van der Waals surface area contributed by atoms with E-state index in [9.17, 15) is 4.39 Å². The summed E-state index contributed by atoms with van der Waals surface area (Å²) in [7, 11) is 0. The van der Waals surface area contributed by atoms with Crippen LogP contribution in [-0.2, 0) is 0 Å². The van der Waals surface area contributed by atoms with Gasteiger partial charge in [0.25, 0.3) is 0 Å². The maximum absolute atomic E-state index is 13.8. The van der Waals surface area contributed by atoms with E-state index in [0.29, 0.717) is 11.3 Å². The zero-order valence-corrected chi connectivity index (χ0v) is 10.5. The standard InChI is InChI=1S/C16H13FN2/c1-10-2-3-12-8-11(4-7-16(12)19-10)14-9-13(18)5-6-15(14)17/h2-9H,18H2,1H3. The highest BCUT2D eigenvalue weighted by Crippen LogP contribution is 2.27. The molecule has 2 aromatic carbocycles. The van der Waals surface area contributed by atoms with E-state index in [2.05, 4.69) is 4.98 Å². The quantitative estimate of drug-likeness (QED) is 0.666. The van der Waals surface area contributed by atoms with E-state index in [1.807, 2.05) is 37.3 Å². The lowest BCUT2D eigenvalue weighted by Crippen LogP contribution is -1.90. The number of fused-ring (bicyclic) bond motifs is 1. The number of aryl methyl sites for hydroxylation is 1. The number of anilines is 1. The summed E-state index contributed by atoms with van der Waals surface area (Å²) in [6.07, 6.45) is 0. The third-order valence-electron chi connectivity index (χ3n) is 3.13. The molecule has 0 atom stereocenters. The first-order chi connectivity index (χ1) is 9.13. The van der Waals surface area contributed by atoms with E-state index in [4.69, 9.17) is 5.73 Å². The van der Waals surface area contributed by atoms with Gasteiger partial charge in [0, 0.05) is 22.3 Å². The molecule has 0 saturated heterocycles. The molecular weight excluding hydrogens is 239 g/mol. The number of pyridine rings is 1. The Morgan fingerprint density at radius 1 is 1.00 bits per heavy atom. The van der Waals surface area contributed by atoms with Crippen molar-refractivity contribution in [3.63, 3.8) is 0 Å². The average molecular weight is 252 g/mol. The highest BCUT2D eigenvalue weighted by atomic mass is 19.1. The minimum absolute atomic E-state index is 0.270. The van der Waals surface area contributed by atoms with Crippen LogP contribution in [0, 0.1) is 12.7 Å². The Morgan fingerprint density at radius 3 is 2.68 bits per heavy atom. The van der Waals surface area contributed by atoms with Gasteiger partial charge < -0.3 is 5.73 Å². The van der Waals surface area contributed by atoms with Crippen molar-refractivity contribution in [2.24, 2.45) is 0 Å². The molecule has 0 aliphatic rings. The molecule has 0 unspecified atom stereocenters. The lowest BCUT2D eigenvalue weighted by molar-refractivity contribution is 0.631. The van der Waals surface area contributed by atoms with Gasteiger partial charge in [0.1, 0.15) is 5.82 Å². The van der Waals surface area contributed by atoms with Crippen molar-refractivity contribution in [3.05, 3.63) is 60.0 Å². The lowest BCUT2D eigenvalue weighted by Gasteiger charge is -2.06. The molecule has 0 radical (unpaired) electrons. The summed E-state index contributed by atoms with van der Waals surface area (Å²) in [6.45, 7) is 1.95. The van der Waals surface area contributed by atoms with Crippen molar-refractivity contribution in [1.29, 1.82) is 0 Å². The molecule has 2 N–H and O–H groups in total. The molecule has 3 aromatic rings. The Morgan fingerprint density at radius 2 is 1.84 bits per heavy atom. The van der Waals surface area contributed by atoms with Gasteiger partial charge in [-0.2, -0.15) is 0 Å². The number of nitrogen functional groups attached to an aromatic ring is 1. The Kier molecular flexibility index (Phi) is 2.67. The Hall–Kier alpha value is -2.42. The second-order valence-electron chi connectivity index (χ2n) is 4.60. The number of hydrogen-bond acceptors (Lipinski definition) is 2. The molecule has 0 aliphatic carbocycles. The third kappa shape index (κ3) is 2.15. The summed E-state index contributed by atoms with van der Waals surface area (Å²) in [5, 5.41) is 0.991. The fourth-order valence-electron chi connectivity index (χ4n) is 2.16. The van der Waals surface area contributed by atoms with Gasteiger partial charge in [-0.1, -0.05) is 12.1 Å². The monoisotopic (exact) mass is 252 g/mol. The van der Waals surface area contributed by atoms with Gasteiger partial charge in [-0.15, -0.1) is 0 Å². The molecule has 0 spiro atoms. The van der Waals surface area contributed by atoms with Crippen LogP contribution in [0.1, 0.15) is 5.69 Å². The maximum atomic E-state index is 13.8. The predicted octanol–water partition coefficient (Wildman–Crippen LogP) is 3.93. The van der Waals surface area contributed by atoms with Gasteiger partial charge in [-0.05, 0) is 48.9 Å². The SMILES string of the molecule is Cc1ccc2cc(-c3cc(N)ccc3F)ccc2n1. The normalized spacial score (nSPS) is 10.8. The maximum Gasteiger partial charge on any atom is 0.131 e. The highest BCUT2D eigenvalue weighted by Gasteiger charge is 2.06. The molecule has 0 saturated carbocycles. The number of nitrogens with zero attached hydrogens (tertiary/aromatic N) is 1. The van der Waals surface area contributed by atoms with Crippen molar-refractivity contribution in [2.45, 2.75) is 6.92 Å². The van der Waals surface area contributed by atoms with Crippen LogP contribution in [0.4, 0.5) is 10.1 Å². The predicted molar refractivity (Wildman–Crippen MR) is 76.3 cm³/mol. The van der Waals surface area contributed by atoms with Crippen LogP contribution < -0.4 is 5.73 Å². The van der Waals surface area contributed by atoms with E-state index in [-0.39, 0.29) is 5.82 Å². The highest BCUT2D eigenvalue weighted by molar-refractivity contribution is 5.85. The first-order valence-corrected chi connectivity index (χ1v) is 6.06. The van der Waals surface area contributed by atoms with E-state index in [1.54, 1.807) is 12.1 Å². The first kappa shape index (κ1) is 11.7. The van der Waals surface area contributed by atoms with Gasteiger partial charge in [0.2, 0.25) is 0 Å². The van der Waals surface area contributed by atoms with Crippen LogP contribution >= 0.6 is 0 Å². The van der Waals surface area contributed by atoms with Crippen LogP contribution in [0.2, 0.25) is 0 Å². The number of rotatable bonds is 1. The fraction of sp³-hybridized carbons (Fsp3) is 0.0625. The smallest absolute Gasteiger partial charge is 0.131 e. The van der Waals surface area contributed by atoms with Gasteiger partial charge in [0.05, 0.1) is 5.52 Å². The largest absolute Gasteiger partial charge is 0.399 e. The number of halogens is 1. The number of hydrogen-bond donors (Lipinski definition) is 1. The Labute approximate surface area is 110 Å². The van der Waals surface area contributed by atoms with E-state index in [0.717, 1.165) is 22.2 Å². The number of aromatic nitrogens is 1. The minimum atomic E-state index is -0.270. The average Bonchev–Trinajstić information content (AvgIpc) is 2.41. The second kappa shape index (κ2) is 4.35. The molecule has 94 valence electrons. The fourth-order valence-corrected chi connectivity index (χ4v) is 2.16. The molecule has 0 aliphatic heterocycles.